The van der Waals surface area contributed by atoms with E-state index in [0.29, 0.717) is 11.8 Å². The Kier molecular flexibility index (Phi) is 8.61. The minimum absolute atomic E-state index is 0.0554. The van der Waals surface area contributed by atoms with Crippen LogP contribution in [0.25, 0.3) is 11.1 Å². The highest BCUT2D eigenvalue weighted by Crippen LogP contribution is 2.41. The number of carbonyl (C=O) groups is 2. The Bertz CT molecular complexity index is 1220. The lowest BCUT2D eigenvalue weighted by Crippen LogP contribution is -2.27. The summed E-state index contributed by atoms with van der Waals surface area (Å²) in [5.41, 5.74) is 5.35. The predicted octanol–water partition coefficient (Wildman–Crippen LogP) is 3.45. The highest BCUT2D eigenvalue weighted by Gasteiger charge is 2.38. The number of aryl methyl sites for hydroxylation is 2. The number of nitrogens with zero attached hydrogens (tertiary/aromatic N) is 5. The van der Waals surface area contributed by atoms with Gasteiger partial charge in [-0.15, -0.1) is 0 Å². The molecule has 4 aliphatic rings. The van der Waals surface area contributed by atoms with Crippen LogP contribution in [0.1, 0.15) is 24.2 Å². The van der Waals surface area contributed by atoms with Crippen LogP contribution in [0.15, 0.2) is 62.0 Å². The van der Waals surface area contributed by atoms with E-state index in [9.17, 15) is 9.59 Å². The molecule has 2 aliphatic carbocycles. The molecule has 9 heteroatoms. The molecule has 37 heavy (non-hydrogen) atoms. The molecule has 2 aromatic heterocycles. The van der Waals surface area contributed by atoms with Crippen molar-refractivity contribution in [1.29, 1.82) is 0 Å². The van der Waals surface area contributed by atoms with Crippen LogP contribution in [0.3, 0.4) is 0 Å². The minimum Gasteiger partial charge on any atom is -0.338 e. The molecule has 0 spiro atoms. The average Bonchev–Trinajstić information content (AvgIpc) is 3.68. The first-order valence-corrected chi connectivity index (χ1v) is 13.0. The van der Waals surface area contributed by atoms with E-state index in [1.165, 1.54) is 41.6 Å². The first-order chi connectivity index (χ1) is 17.8. The molecule has 0 aromatic carbocycles. The molecule has 0 saturated carbocycles. The summed E-state index contributed by atoms with van der Waals surface area (Å²) in [5.74, 6) is 2.72. The van der Waals surface area contributed by atoms with Crippen molar-refractivity contribution in [3.8, 4) is 0 Å². The summed E-state index contributed by atoms with van der Waals surface area (Å²) in [5, 5.41) is 11.4. The lowest BCUT2D eigenvalue weighted by molar-refractivity contribution is -0.125. The lowest BCUT2D eigenvalue weighted by atomic mass is 9.99. The zero-order valence-electron chi connectivity index (χ0n) is 21.5. The molecule has 0 bridgehead atoms. The third-order valence-electron chi connectivity index (χ3n) is 7.63. The summed E-state index contributed by atoms with van der Waals surface area (Å²) in [4.78, 5) is 22.9. The molecule has 2 saturated heterocycles. The van der Waals surface area contributed by atoms with Crippen LogP contribution in [0.2, 0.25) is 0 Å². The van der Waals surface area contributed by atoms with Gasteiger partial charge in [0.1, 0.15) is 0 Å². The lowest BCUT2D eigenvalue weighted by Gasteiger charge is -2.14. The topological polar surface area (TPSA) is 85.1 Å². The Morgan fingerprint density at radius 1 is 0.919 bits per heavy atom. The fourth-order valence-electron chi connectivity index (χ4n) is 5.76. The summed E-state index contributed by atoms with van der Waals surface area (Å²) in [6, 6.07) is 4.17. The summed E-state index contributed by atoms with van der Waals surface area (Å²) >= 11 is 4.71. The van der Waals surface area contributed by atoms with Crippen LogP contribution in [0.5, 0.6) is 0 Å². The van der Waals surface area contributed by atoms with E-state index in [0.717, 1.165) is 44.0 Å². The van der Waals surface area contributed by atoms with Gasteiger partial charge in [-0.3, -0.25) is 19.0 Å². The van der Waals surface area contributed by atoms with Crippen molar-refractivity contribution in [2.45, 2.75) is 12.8 Å². The Hall–Kier alpha value is -3.23. The van der Waals surface area contributed by atoms with E-state index in [2.05, 4.69) is 53.0 Å². The van der Waals surface area contributed by atoms with Gasteiger partial charge in [0.05, 0.1) is 11.4 Å². The maximum atomic E-state index is 11.6. The van der Waals surface area contributed by atoms with Crippen molar-refractivity contribution >= 4 is 33.9 Å². The summed E-state index contributed by atoms with van der Waals surface area (Å²) in [7, 11) is 3.99. The number of fused-ring (bicyclic) bond motifs is 2. The SMILES string of the molecule is C=CC(=O)Cl.C=CC(=O)N1CC2C=C(c3ccnn3C)CC2C1.Cn1nccc1C1=CC2CNCC2C1. The van der Waals surface area contributed by atoms with Crippen molar-refractivity contribution in [3.63, 3.8) is 0 Å². The molecule has 4 unspecified atom stereocenters. The number of hydrogen-bond donors (Lipinski definition) is 1. The van der Waals surface area contributed by atoms with E-state index in [-0.39, 0.29) is 5.91 Å². The molecule has 2 aliphatic heterocycles. The zero-order chi connectivity index (χ0) is 26.5. The number of rotatable bonds is 4. The Morgan fingerprint density at radius 2 is 1.49 bits per heavy atom. The number of likely N-dealkylation sites (tertiary alicyclic amines) is 1. The normalized spacial score (nSPS) is 25.1. The van der Waals surface area contributed by atoms with Gasteiger partial charge in [0.15, 0.2) is 0 Å². The Balaban J connectivity index is 0.000000150. The van der Waals surface area contributed by atoms with Crippen molar-refractivity contribution in [1.82, 2.24) is 29.8 Å². The predicted molar refractivity (Wildman–Crippen MR) is 146 cm³/mol. The van der Waals surface area contributed by atoms with E-state index < -0.39 is 5.24 Å². The van der Waals surface area contributed by atoms with Crippen LogP contribution in [-0.4, -0.2) is 61.8 Å². The van der Waals surface area contributed by atoms with Gasteiger partial charge in [0.25, 0.3) is 0 Å². The second kappa shape index (κ2) is 11.9. The fourth-order valence-corrected chi connectivity index (χ4v) is 5.76. The maximum Gasteiger partial charge on any atom is 0.245 e. The number of aromatic nitrogens is 4. The van der Waals surface area contributed by atoms with Gasteiger partial charge in [-0.1, -0.05) is 25.3 Å². The van der Waals surface area contributed by atoms with Gasteiger partial charge in [0, 0.05) is 46.1 Å². The Morgan fingerprint density at radius 3 is 1.95 bits per heavy atom. The summed E-state index contributed by atoms with van der Waals surface area (Å²) < 4.78 is 3.89. The standard InChI is InChI=1S/C14H17N3O.C11H15N3.C3H3ClO/c1-3-14(18)17-8-11-6-10(7-12(11)9-17)13-4-5-15-16(13)2;1-14-11(2-3-13-14)8-4-9-6-12-7-10(9)5-8;1-2-3(4)5/h3-6,11-12H,1,7-9H2,2H3;2-4,9-10,12H,5-7H2,1H3;2H,1H2. The van der Waals surface area contributed by atoms with Gasteiger partial charge < -0.3 is 10.2 Å². The fraction of sp³-hybridized carbons (Fsp3) is 0.429. The number of allylic oxidation sites excluding steroid dienone is 3. The summed E-state index contributed by atoms with van der Waals surface area (Å²) in [6.45, 7) is 10.7. The molecule has 0 radical (unpaired) electrons. The molecule has 2 fully saturated rings. The molecule has 1 amide bonds. The average molecular weight is 523 g/mol. The van der Waals surface area contributed by atoms with E-state index in [1.54, 1.807) is 0 Å². The molecular formula is C28H35ClN6O2. The molecular weight excluding hydrogens is 488 g/mol. The number of carbonyl (C=O) groups excluding carboxylic acids is 2. The molecule has 4 atom stereocenters. The second-order valence-corrected chi connectivity index (χ2v) is 10.3. The van der Waals surface area contributed by atoms with Gasteiger partial charge in [-0.25, -0.2) is 0 Å². The number of amides is 1. The van der Waals surface area contributed by atoms with Crippen molar-refractivity contribution in [3.05, 3.63) is 73.4 Å². The van der Waals surface area contributed by atoms with E-state index >= 15 is 0 Å². The van der Waals surface area contributed by atoms with Crippen molar-refractivity contribution in [2.24, 2.45) is 37.8 Å². The van der Waals surface area contributed by atoms with Crippen LogP contribution >= 0.6 is 11.6 Å². The first-order valence-electron chi connectivity index (χ1n) is 12.6. The smallest absolute Gasteiger partial charge is 0.245 e. The van der Waals surface area contributed by atoms with Gasteiger partial charge in [0.2, 0.25) is 11.1 Å². The highest BCUT2D eigenvalue weighted by molar-refractivity contribution is 6.66. The number of nitrogens with one attached hydrogen (secondary N) is 1. The van der Waals surface area contributed by atoms with Crippen LogP contribution in [-0.2, 0) is 23.7 Å². The highest BCUT2D eigenvalue weighted by atomic mass is 35.5. The molecule has 1 N–H and O–H groups in total. The van der Waals surface area contributed by atoms with Crippen molar-refractivity contribution in [2.75, 3.05) is 26.2 Å². The van der Waals surface area contributed by atoms with Crippen LogP contribution < -0.4 is 5.32 Å². The van der Waals surface area contributed by atoms with Gasteiger partial charge in [-0.2, -0.15) is 10.2 Å². The Labute approximate surface area is 223 Å². The molecule has 6 rings (SSSR count). The molecule has 2 aromatic rings. The quantitative estimate of drug-likeness (QED) is 0.491. The third-order valence-corrected chi connectivity index (χ3v) is 7.78. The molecule has 196 valence electrons. The number of halogens is 1. The minimum atomic E-state index is -0.509. The molecule has 8 nitrogen and oxygen atoms in total. The maximum absolute atomic E-state index is 11.6. The van der Waals surface area contributed by atoms with E-state index in [4.69, 9.17) is 11.6 Å². The summed E-state index contributed by atoms with van der Waals surface area (Å²) in [6.07, 6.45) is 13.2. The largest absolute Gasteiger partial charge is 0.338 e. The first kappa shape index (κ1) is 26.8. The van der Waals surface area contributed by atoms with E-state index in [1.807, 2.05) is 40.8 Å². The molecule has 4 heterocycles. The van der Waals surface area contributed by atoms with Gasteiger partial charge >= 0.3 is 0 Å². The third kappa shape index (κ3) is 6.19. The van der Waals surface area contributed by atoms with Crippen molar-refractivity contribution < 1.29 is 9.59 Å². The van der Waals surface area contributed by atoms with Gasteiger partial charge in [-0.05, 0) is 90.1 Å². The van der Waals surface area contributed by atoms with Crippen LogP contribution in [0, 0.1) is 23.7 Å². The monoisotopic (exact) mass is 522 g/mol. The number of hydrogen-bond acceptors (Lipinski definition) is 5. The second-order valence-electron chi connectivity index (χ2n) is 9.93. The zero-order valence-corrected chi connectivity index (χ0v) is 22.3. The van der Waals surface area contributed by atoms with Crippen LogP contribution in [0.4, 0.5) is 0 Å².